The summed E-state index contributed by atoms with van der Waals surface area (Å²) in [4.78, 5) is 3.62. The van der Waals surface area contributed by atoms with Crippen molar-refractivity contribution in [2.45, 2.75) is 31.0 Å². The highest BCUT2D eigenvalue weighted by Gasteiger charge is 2.37. The number of alkyl halides is 5. The molecule has 7 heteroatoms. The number of nitrogens with one attached hydrogen (secondary N) is 1. The Morgan fingerprint density at radius 1 is 1.28 bits per heavy atom. The smallest absolute Gasteiger partial charge is 0.308 e. The highest BCUT2D eigenvalue weighted by Crippen LogP contribution is 2.34. The third kappa shape index (κ3) is 2.95. The Kier molecular flexibility index (Phi) is 3.27. The van der Waals surface area contributed by atoms with E-state index in [1.165, 1.54) is 0 Å². The molecule has 1 aromatic rings. The molecule has 1 unspecified atom stereocenters. The second-order valence-electron chi connectivity index (χ2n) is 4.29. The van der Waals surface area contributed by atoms with Gasteiger partial charge in [-0.2, -0.15) is 13.2 Å². The number of halogens is 5. The van der Waals surface area contributed by atoms with Crippen molar-refractivity contribution in [1.29, 1.82) is 0 Å². The van der Waals surface area contributed by atoms with Gasteiger partial charge in [0.2, 0.25) is 0 Å². The lowest BCUT2D eigenvalue weighted by atomic mass is 9.98. The average molecular weight is 266 g/mol. The molecule has 0 aliphatic carbocycles. The molecule has 2 rings (SSSR count). The van der Waals surface area contributed by atoms with Crippen LogP contribution in [-0.2, 0) is 6.18 Å². The molecule has 0 bridgehead atoms. The summed E-state index contributed by atoms with van der Waals surface area (Å²) >= 11 is 0. The quantitative estimate of drug-likeness (QED) is 0.790. The van der Waals surface area contributed by atoms with Crippen LogP contribution < -0.4 is 5.32 Å². The molecule has 0 spiro atoms. The van der Waals surface area contributed by atoms with Gasteiger partial charge in [0.05, 0.1) is 17.3 Å². The molecule has 1 fully saturated rings. The molecular weight excluding hydrogens is 255 g/mol. The first kappa shape index (κ1) is 13.2. The van der Waals surface area contributed by atoms with Crippen molar-refractivity contribution in [3.63, 3.8) is 0 Å². The van der Waals surface area contributed by atoms with E-state index in [1.54, 1.807) is 0 Å². The summed E-state index contributed by atoms with van der Waals surface area (Å²) < 4.78 is 63.2. The summed E-state index contributed by atoms with van der Waals surface area (Å²) in [6.07, 6.45) is -4.49. The van der Waals surface area contributed by atoms with Gasteiger partial charge < -0.3 is 5.32 Å². The predicted molar refractivity (Wildman–Crippen MR) is 54.2 cm³/mol. The molecule has 1 atom stereocenters. The van der Waals surface area contributed by atoms with Crippen molar-refractivity contribution in [3.8, 4) is 0 Å². The van der Waals surface area contributed by atoms with Gasteiger partial charge in [0, 0.05) is 25.6 Å². The molecule has 100 valence electrons. The SMILES string of the molecule is FC1(F)CCNC(c2ccc(C(F)(F)F)cn2)C1. The van der Waals surface area contributed by atoms with Crippen molar-refractivity contribution in [2.75, 3.05) is 6.54 Å². The minimum absolute atomic E-state index is 0.125. The van der Waals surface area contributed by atoms with Crippen LogP contribution in [-0.4, -0.2) is 17.5 Å². The van der Waals surface area contributed by atoms with Crippen molar-refractivity contribution in [2.24, 2.45) is 0 Å². The maximum Gasteiger partial charge on any atom is 0.417 e. The molecule has 1 aliphatic rings. The maximum atomic E-state index is 13.2. The Balaban J connectivity index is 2.15. The molecule has 0 saturated carbocycles. The second kappa shape index (κ2) is 4.46. The van der Waals surface area contributed by atoms with Gasteiger partial charge in [-0.25, -0.2) is 8.78 Å². The highest BCUT2D eigenvalue weighted by molar-refractivity contribution is 5.19. The van der Waals surface area contributed by atoms with Crippen LogP contribution in [0, 0.1) is 0 Å². The molecule has 1 aliphatic heterocycles. The van der Waals surface area contributed by atoms with E-state index in [1.807, 2.05) is 0 Å². The molecule has 1 aromatic heterocycles. The van der Waals surface area contributed by atoms with Gasteiger partial charge in [0.1, 0.15) is 0 Å². The van der Waals surface area contributed by atoms with Crippen molar-refractivity contribution in [3.05, 3.63) is 29.6 Å². The highest BCUT2D eigenvalue weighted by atomic mass is 19.4. The summed E-state index contributed by atoms with van der Waals surface area (Å²) in [5.74, 6) is -2.79. The van der Waals surface area contributed by atoms with Gasteiger partial charge in [-0.3, -0.25) is 4.98 Å². The molecule has 2 heterocycles. The molecule has 0 amide bonds. The third-order valence-corrected chi connectivity index (χ3v) is 2.85. The number of hydrogen-bond acceptors (Lipinski definition) is 2. The largest absolute Gasteiger partial charge is 0.417 e. The molecule has 18 heavy (non-hydrogen) atoms. The van der Waals surface area contributed by atoms with Gasteiger partial charge in [0.15, 0.2) is 0 Å². The Labute approximate surface area is 100 Å². The van der Waals surface area contributed by atoms with Crippen LogP contribution in [0.4, 0.5) is 22.0 Å². The summed E-state index contributed by atoms with van der Waals surface area (Å²) in [5, 5.41) is 2.83. The Bertz CT molecular complexity index is 412. The number of pyridine rings is 1. The zero-order valence-corrected chi connectivity index (χ0v) is 9.27. The molecular formula is C11H11F5N2. The summed E-state index contributed by atoms with van der Waals surface area (Å²) in [7, 11) is 0. The van der Waals surface area contributed by atoms with Crippen LogP contribution in [0.15, 0.2) is 18.3 Å². The number of rotatable bonds is 1. The lowest BCUT2D eigenvalue weighted by Gasteiger charge is -2.29. The van der Waals surface area contributed by atoms with E-state index >= 15 is 0 Å². The predicted octanol–water partition coefficient (Wildman–Crippen LogP) is 3.16. The van der Waals surface area contributed by atoms with E-state index < -0.39 is 30.1 Å². The Morgan fingerprint density at radius 2 is 2.00 bits per heavy atom. The van der Waals surface area contributed by atoms with Gasteiger partial charge in [-0.15, -0.1) is 0 Å². The van der Waals surface area contributed by atoms with E-state index in [4.69, 9.17) is 0 Å². The third-order valence-electron chi connectivity index (χ3n) is 2.85. The van der Waals surface area contributed by atoms with Crippen molar-refractivity contribution in [1.82, 2.24) is 10.3 Å². The van der Waals surface area contributed by atoms with Crippen LogP contribution in [0.3, 0.4) is 0 Å². The summed E-state index contributed by atoms with van der Waals surface area (Å²) in [6, 6.07) is 1.30. The monoisotopic (exact) mass is 266 g/mol. The average Bonchev–Trinajstić information content (AvgIpc) is 2.27. The Morgan fingerprint density at radius 3 is 2.50 bits per heavy atom. The van der Waals surface area contributed by atoms with E-state index in [0.29, 0.717) is 6.20 Å². The number of piperidine rings is 1. The van der Waals surface area contributed by atoms with Gasteiger partial charge >= 0.3 is 6.18 Å². The molecule has 2 nitrogen and oxygen atoms in total. The van der Waals surface area contributed by atoms with Crippen LogP contribution in [0.25, 0.3) is 0 Å². The fourth-order valence-corrected chi connectivity index (χ4v) is 1.89. The lowest BCUT2D eigenvalue weighted by molar-refractivity contribution is -0.137. The minimum Gasteiger partial charge on any atom is -0.308 e. The fraction of sp³-hybridized carbons (Fsp3) is 0.545. The van der Waals surface area contributed by atoms with Crippen LogP contribution in [0.5, 0.6) is 0 Å². The number of hydrogen-bond donors (Lipinski definition) is 1. The van der Waals surface area contributed by atoms with Crippen molar-refractivity contribution >= 4 is 0 Å². The molecule has 1 N–H and O–H groups in total. The Hall–Kier alpha value is -1.24. The number of aromatic nitrogens is 1. The summed E-state index contributed by atoms with van der Waals surface area (Å²) in [6.45, 7) is 0.125. The standard InChI is InChI=1S/C11H11F5N2/c12-10(13)3-4-17-9(5-10)8-2-1-7(6-18-8)11(14,15)16/h1-2,6,9,17H,3-5H2. The van der Waals surface area contributed by atoms with Gasteiger partial charge in [-0.1, -0.05) is 0 Å². The molecule has 0 aromatic carbocycles. The van der Waals surface area contributed by atoms with Crippen LogP contribution >= 0.6 is 0 Å². The van der Waals surface area contributed by atoms with Crippen LogP contribution in [0.1, 0.15) is 30.1 Å². The maximum absolute atomic E-state index is 13.2. The number of nitrogens with zero attached hydrogens (tertiary/aromatic N) is 1. The normalized spacial score (nSPS) is 23.9. The topological polar surface area (TPSA) is 24.9 Å². The van der Waals surface area contributed by atoms with E-state index in [-0.39, 0.29) is 18.7 Å². The first-order valence-corrected chi connectivity index (χ1v) is 5.42. The van der Waals surface area contributed by atoms with Crippen molar-refractivity contribution < 1.29 is 22.0 Å². The van der Waals surface area contributed by atoms with Gasteiger partial charge in [0.25, 0.3) is 5.92 Å². The lowest BCUT2D eigenvalue weighted by Crippen LogP contribution is -2.38. The van der Waals surface area contributed by atoms with Crippen LogP contribution in [0.2, 0.25) is 0 Å². The zero-order valence-electron chi connectivity index (χ0n) is 9.27. The second-order valence-corrected chi connectivity index (χ2v) is 4.29. The van der Waals surface area contributed by atoms with E-state index in [9.17, 15) is 22.0 Å². The minimum atomic E-state index is -4.46. The first-order chi connectivity index (χ1) is 8.28. The molecule has 0 radical (unpaired) electrons. The fourth-order valence-electron chi connectivity index (χ4n) is 1.89. The summed E-state index contributed by atoms with van der Waals surface area (Å²) in [5.41, 5.74) is -0.670. The van der Waals surface area contributed by atoms with Gasteiger partial charge in [-0.05, 0) is 12.1 Å². The van der Waals surface area contributed by atoms with E-state index in [0.717, 1.165) is 12.1 Å². The first-order valence-electron chi connectivity index (χ1n) is 5.42. The molecule has 1 saturated heterocycles. The zero-order chi connectivity index (χ0) is 13.4. The van der Waals surface area contributed by atoms with E-state index in [2.05, 4.69) is 10.3 Å².